The monoisotopic (exact) mass is 501 g/mol. The lowest BCUT2D eigenvalue weighted by atomic mass is 9.79. The van der Waals surface area contributed by atoms with Crippen LogP contribution in [0.4, 0.5) is 19.4 Å². The molecule has 0 radical (unpaired) electrons. The van der Waals surface area contributed by atoms with Crippen LogP contribution in [0.2, 0.25) is 0 Å². The molecule has 2 fully saturated rings. The first-order chi connectivity index (χ1) is 17.0. The highest BCUT2D eigenvalue weighted by molar-refractivity contribution is 5.68. The first-order valence-electron chi connectivity index (χ1n) is 11.9. The second-order valence-corrected chi connectivity index (χ2v) is 10.3. The zero-order valence-corrected chi connectivity index (χ0v) is 20.7. The van der Waals surface area contributed by atoms with Gasteiger partial charge in [0.25, 0.3) is 0 Å². The number of aromatic nitrogens is 5. The molecular weight excluding hydrogens is 472 g/mol. The van der Waals surface area contributed by atoms with E-state index in [1.54, 1.807) is 34.1 Å². The van der Waals surface area contributed by atoms with E-state index in [9.17, 15) is 13.6 Å². The lowest BCUT2D eigenvalue weighted by molar-refractivity contribution is -0.0881. The molecule has 3 aromatic heterocycles. The molecule has 2 aliphatic rings. The zero-order valence-electron chi connectivity index (χ0n) is 20.7. The lowest BCUT2D eigenvalue weighted by Crippen LogP contribution is -2.36. The standard InChI is InChI=1S/C24H29F2N7O3/c1-23(2,3)36-22(34)32-6-5-15(13-32)29-19-12-27-10-16(30-19)17-11-28-20-7-18(35-4)21(31-33(17)20)14-8-24(25,26)9-14/h7,10-12,14-15H,5-6,8-9,13H2,1-4H3,(H,29,30). The van der Waals surface area contributed by atoms with Crippen molar-refractivity contribution in [1.29, 1.82) is 0 Å². The van der Waals surface area contributed by atoms with E-state index in [1.165, 1.54) is 7.11 Å². The molecule has 12 heteroatoms. The van der Waals surface area contributed by atoms with Gasteiger partial charge in [0.05, 0.1) is 25.7 Å². The van der Waals surface area contributed by atoms with Gasteiger partial charge in [-0.05, 0) is 27.2 Å². The van der Waals surface area contributed by atoms with Gasteiger partial charge in [0.15, 0.2) is 5.65 Å². The van der Waals surface area contributed by atoms with E-state index in [0.29, 0.717) is 47.4 Å². The molecule has 192 valence electrons. The van der Waals surface area contributed by atoms with Crippen LogP contribution in [0.3, 0.4) is 0 Å². The molecule has 1 amide bonds. The summed E-state index contributed by atoms with van der Waals surface area (Å²) in [4.78, 5) is 27.4. The van der Waals surface area contributed by atoms with Gasteiger partial charge in [-0.15, -0.1) is 0 Å². The zero-order chi connectivity index (χ0) is 25.7. The van der Waals surface area contributed by atoms with Crippen LogP contribution in [-0.2, 0) is 4.74 Å². The number of anilines is 1. The number of ether oxygens (including phenoxy) is 2. The fourth-order valence-corrected chi connectivity index (χ4v) is 4.53. The summed E-state index contributed by atoms with van der Waals surface area (Å²) in [6.45, 7) is 6.60. The molecule has 1 aliphatic carbocycles. The summed E-state index contributed by atoms with van der Waals surface area (Å²) in [5.41, 5.74) is 1.55. The number of hydrogen-bond acceptors (Lipinski definition) is 8. The van der Waals surface area contributed by atoms with Crippen LogP contribution in [0.1, 0.15) is 51.6 Å². The Labute approximate surface area is 207 Å². The van der Waals surface area contributed by atoms with E-state index in [-0.39, 0.29) is 30.9 Å². The maximum absolute atomic E-state index is 13.5. The van der Waals surface area contributed by atoms with Crippen molar-refractivity contribution in [2.24, 2.45) is 0 Å². The maximum atomic E-state index is 13.5. The third-order valence-electron chi connectivity index (χ3n) is 6.27. The number of methoxy groups -OCH3 is 1. The van der Waals surface area contributed by atoms with Crippen LogP contribution in [0, 0.1) is 0 Å². The number of rotatable bonds is 5. The quantitative estimate of drug-likeness (QED) is 0.556. The van der Waals surface area contributed by atoms with Crippen molar-refractivity contribution in [3.63, 3.8) is 0 Å². The number of amides is 1. The Bertz CT molecular complexity index is 1280. The van der Waals surface area contributed by atoms with Crippen molar-refractivity contribution in [3.8, 4) is 17.1 Å². The Morgan fingerprint density at radius 3 is 2.69 bits per heavy atom. The highest BCUT2D eigenvalue weighted by Gasteiger charge is 2.48. The molecule has 0 spiro atoms. The summed E-state index contributed by atoms with van der Waals surface area (Å²) in [6, 6.07) is 1.69. The molecule has 36 heavy (non-hydrogen) atoms. The van der Waals surface area contributed by atoms with Gasteiger partial charge >= 0.3 is 6.09 Å². The highest BCUT2D eigenvalue weighted by Crippen LogP contribution is 2.49. The van der Waals surface area contributed by atoms with Gasteiger partial charge in [0.2, 0.25) is 5.92 Å². The fourth-order valence-electron chi connectivity index (χ4n) is 4.53. The van der Waals surface area contributed by atoms with Crippen molar-refractivity contribution < 1.29 is 23.0 Å². The predicted octanol–water partition coefficient (Wildman–Crippen LogP) is 4.13. The molecule has 1 saturated heterocycles. The Morgan fingerprint density at radius 1 is 1.22 bits per heavy atom. The molecule has 1 unspecified atom stereocenters. The average Bonchev–Trinajstić information content (AvgIpc) is 3.42. The van der Waals surface area contributed by atoms with Gasteiger partial charge in [0, 0.05) is 44.0 Å². The molecule has 0 aromatic carbocycles. The van der Waals surface area contributed by atoms with Crippen molar-refractivity contribution in [1.82, 2.24) is 29.5 Å². The molecular formula is C24H29F2N7O3. The Hall–Kier alpha value is -3.57. The minimum absolute atomic E-state index is 0.00136. The molecule has 1 saturated carbocycles. The van der Waals surface area contributed by atoms with Crippen molar-refractivity contribution in [2.45, 2.75) is 63.5 Å². The fraction of sp³-hybridized carbons (Fsp3) is 0.542. The highest BCUT2D eigenvalue weighted by atomic mass is 19.3. The van der Waals surface area contributed by atoms with Gasteiger partial charge in [0.1, 0.15) is 34.3 Å². The minimum atomic E-state index is -2.67. The number of fused-ring (bicyclic) bond motifs is 1. The van der Waals surface area contributed by atoms with E-state index >= 15 is 0 Å². The first kappa shape index (κ1) is 24.1. The summed E-state index contributed by atoms with van der Waals surface area (Å²) in [7, 11) is 1.49. The lowest BCUT2D eigenvalue weighted by Gasteiger charge is -2.34. The van der Waals surface area contributed by atoms with E-state index < -0.39 is 11.5 Å². The SMILES string of the molecule is COc1cc2ncc(-c3cncc(NC4CCN(C(=O)OC(C)(C)C)C4)n3)n2nc1C1CC(F)(F)C1. The normalized spacial score (nSPS) is 19.8. The van der Waals surface area contributed by atoms with E-state index in [0.717, 1.165) is 6.42 Å². The molecule has 10 nitrogen and oxygen atoms in total. The molecule has 1 N–H and O–H groups in total. The summed E-state index contributed by atoms with van der Waals surface area (Å²) >= 11 is 0. The van der Waals surface area contributed by atoms with Crippen molar-refractivity contribution in [3.05, 3.63) is 30.4 Å². The predicted molar refractivity (Wildman–Crippen MR) is 127 cm³/mol. The van der Waals surface area contributed by atoms with Crippen LogP contribution in [0.25, 0.3) is 17.0 Å². The first-order valence-corrected chi connectivity index (χ1v) is 11.9. The largest absolute Gasteiger partial charge is 0.495 e. The second-order valence-electron chi connectivity index (χ2n) is 10.3. The van der Waals surface area contributed by atoms with Crippen molar-refractivity contribution in [2.75, 3.05) is 25.5 Å². The Balaban J connectivity index is 1.35. The number of alkyl halides is 2. The van der Waals surface area contributed by atoms with Crippen LogP contribution < -0.4 is 10.1 Å². The number of nitrogens with one attached hydrogen (secondary N) is 1. The van der Waals surface area contributed by atoms with Gasteiger partial charge in [-0.3, -0.25) is 4.98 Å². The number of carbonyl (C=O) groups is 1. The van der Waals surface area contributed by atoms with E-state index in [2.05, 4.69) is 25.4 Å². The van der Waals surface area contributed by atoms with Crippen molar-refractivity contribution >= 4 is 17.6 Å². The summed E-state index contributed by atoms with van der Waals surface area (Å²) in [5.74, 6) is -2.07. The smallest absolute Gasteiger partial charge is 0.410 e. The number of carbonyl (C=O) groups excluding carboxylic acids is 1. The second kappa shape index (κ2) is 8.82. The molecule has 5 rings (SSSR count). The minimum Gasteiger partial charge on any atom is -0.495 e. The summed E-state index contributed by atoms with van der Waals surface area (Å²) in [6.07, 6.45) is 4.73. The molecule has 1 aliphatic heterocycles. The maximum Gasteiger partial charge on any atom is 0.410 e. The van der Waals surface area contributed by atoms with Gasteiger partial charge in [-0.25, -0.2) is 28.1 Å². The molecule has 1 atom stereocenters. The average molecular weight is 502 g/mol. The summed E-state index contributed by atoms with van der Waals surface area (Å²) in [5, 5.41) is 7.95. The number of halogens is 2. The van der Waals surface area contributed by atoms with Crippen LogP contribution in [0.5, 0.6) is 5.75 Å². The van der Waals surface area contributed by atoms with E-state index in [4.69, 9.17) is 9.47 Å². The number of nitrogens with zero attached hydrogens (tertiary/aromatic N) is 6. The van der Waals surface area contributed by atoms with Crippen LogP contribution in [-0.4, -0.2) is 73.3 Å². The van der Waals surface area contributed by atoms with E-state index in [1.807, 2.05) is 20.8 Å². The van der Waals surface area contributed by atoms with Gasteiger partial charge in [-0.2, -0.15) is 5.10 Å². The third kappa shape index (κ3) is 4.89. The van der Waals surface area contributed by atoms with Crippen LogP contribution in [0.15, 0.2) is 24.7 Å². The topological polar surface area (TPSA) is 107 Å². The van der Waals surface area contributed by atoms with Gasteiger partial charge < -0.3 is 19.7 Å². The Morgan fingerprint density at radius 2 is 2.00 bits per heavy atom. The third-order valence-corrected chi connectivity index (χ3v) is 6.27. The van der Waals surface area contributed by atoms with Crippen LogP contribution >= 0.6 is 0 Å². The molecule has 0 bridgehead atoms. The Kier molecular flexibility index (Phi) is 5.92. The molecule has 3 aromatic rings. The number of hydrogen-bond donors (Lipinski definition) is 1. The number of imidazole rings is 1. The molecule has 4 heterocycles. The number of likely N-dealkylation sites (tertiary alicyclic amines) is 1. The summed E-state index contributed by atoms with van der Waals surface area (Å²) < 4.78 is 39.5. The van der Waals surface area contributed by atoms with Gasteiger partial charge in [-0.1, -0.05) is 0 Å².